The molecule has 0 aliphatic carbocycles. The lowest BCUT2D eigenvalue weighted by molar-refractivity contribution is 0.0985. The Balaban J connectivity index is 2.90. The van der Waals surface area contributed by atoms with E-state index in [1.165, 1.54) is 6.07 Å². The number of ketones is 1. The monoisotopic (exact) mass is 243 g/mol. The first kappa shape index (κ1) is 10.2. The number of halogens is 1. The number of nitrogens with two attached hydrogens (primary N) is 1. The molecule has 0 bridgehead atoms. The van der Waals surface area contributed by atoms with Crippen LogP contribution in [0.15, 0.2) is 22.7 Å². The molecule has 1 aromatic rings. The van der Waals surface area contributed by atoms with Gasteiger partial charge in [0.25, 0.3) is 0 Å². The average molecular weight is 244 g/mol. The Labute approximate surface area is 84.7 Å². The van der Waals surface area contributed by atoms with Crippen LogP contribution in [0.1, 0.15) is 16.8 Å². The third kappa shape index (κ3) is 2.54. The van der Waals surface area contributed by atoms with Crippen LogP contribution in [0.5, 0.6) is 5.75 Å². The van der Waals surface area contributed by atoms with Crippen LogP contribution in [0.4, 0.5) is 0 Å². The lowest BCUT2D eigenvalue weighted by atomic mass is 10.1. The molecule has 0 radical (unpaired) electrons. The molecule has 1 aromatic carbocycles. The van der Waals surface area contributed by atoms with Gasteiger partial charge in [0.2, 0.25) is 0 Å². The van der Waals surface area contributed by atoms with Crippen LogP contribution in [-0.4, -0.2) is 17.4 Å². The summed E-state index contributed by atoms with van der Waals surface area (Å²) in [7, 11) is 0. The second kappa shape index (κ2) is 4.39. The van der Waals surface area contributed by atoms with Crippen molar-refractivity contribution in [2.45, 2.75) is 6.42 Å². The Hall–Kier alpha value is -0.870. The van der Waals surface area contributed by atoms with Gasteiger partial charge >= 0.3 is 0 Å². The van der Waals surface area contributed by atoms with Crippen LogP contribution in [0, 0.1) is 0 Å². The highest BCUT2D eigenvalue weighted by Gasteiger charge is 2.06. The molecule has 0 fully saturated rings. The first-order chi connectivity index (χ1) is 6.15. The Morgan fingerprint density at radius 3 is 2.77 bits per heavy atom. The maximum Gasteiger partial charge on any atom is 0.164 e. The summed E-state index contributed by atoms with van der Waals surface area (Å²) in [6, 6.07) is 4.73. The van der Waals surface area contributed by atoms with Crippen molar-refractivity contribution in [3.8, 4) is 5.75 Å². The van der Waals surface area contributed by atoms with E-state index in [1.807, 2.05) is 0 Å². The highest BCUT2D eigenvalue weighted by atomic mass is 79.9. The smallest absolute Gasteiger partial charge is 0.164 e. The highest BCUT2D eigenvalue weighted by Crippen LogP contribution is 2.24. The first-order valence-corrected chi connectivity index (χ1v) is 4.66. The molecule has 0 spiro atoms. The first-order valence-electron chi connectivity index (χ1n) is 3.87. The van der Waals surface area contributed by atoms with Crippen molar-refractivity contribution in [3.63, 3.8) is 0 Å². The van der Waals surface area contributed by atoms with Crippen molar-refractivity contribution in [1.29, 1.82) is 0 Å². The summed E-state index contributed by atoms with van der Waals surface area (Å²) in [5.74, 6) is 0.0215. The van der Waals surface area contributed by atoms with Gasteiger partial charge < -0.3 is 10.8 Å². The van der Waals surface area contributed by atoms with Crippen LogP contribution in [0.3, 0.4) is 0 Å². The third-order valence-electron chi connectivity index (χ3n) is 1.64. The van der Waals surface area contributed by atoms with Gasteiger partial charge in [-0.2, -0.15) is 0 Å². The van der Waals surface area contributed by atoms with Crippen molar-refractivity contribution in [2.24, 2.45) is 5.73 Å². The highest BCUT2D eigenvalue weighted by molar-refractivity contribution is 9.10. The summed E-state index contributed by atoms with van der Waals surface area (Å²) in [4.78, 5) is 11.3. The number of rotatable bonds is 3. The topological polar surface area (TPSA) is 63.3 Å². The second-order valence-corrected chi connectivity index (χ2v) is 3.48. The number of aromatic hydroxyl groups is 1. The lowest BCUT2D eigenvalue weighted by Crippen LogP contribution is -2.07. The fraction of sp³-hybridized carbons (Fsp3) is 0.222. The van der Waals surface area contributed by atoms with E-state index >= 15 is 0 Å². The third-order valence-corrected chi connectivity index (χ3v) is 2.31. The molecule has 0 saturated heterocycles. The van der Waals surface area contributed by atoms with Crippen LogP contribution in [-0.2, 0) is 0 Å². The van der Waals surface area contributed by atoms with Gasteiger partial charge in [0.15, 0.2) is 5.78 Å². The minimum atomic E-state index is -0.0506. The molecule has 0 heterocycles. The van der Waals surface area contributed by atoms with E-state index in [-0.39, 0.29) is 11.5 Å². The molecule has 0 aliphatic rings. The molecule has 3 nitrogen and oxygen atoms in total. The summed E-state index contributed by atoms with van der Waals surface area (Å²) in [5, 5.41) is 9.29. The predicted octanol–water partition coefficient (Wildman–Crippen LogP) is 1.69. The maximum absolute atomic E-state index is 11.3. The predicted molar refractivity (Wildman–Crippen MR) is 53.8 cm³/mol. The van der Waals surface area contributed by atoms with Gasteiger partial charge in [-0.1, -0.05) is 6.07 Å². The van der Waals surface area contributed by atoms with Crippen molar-refractivity contribution < 1.29 is 9.90 Å². The fourth-order valence-corrected chi connectivity index (χ4v) is 1.21. The molecule has 0 atom stereocenters. The molecular weight excluding hydrogens is 234 g/mol. The molecular formula is C9H10BrNO2. The quantitative estimate of drug-likeness (QED) is 0.795. The maximum atomic E-state index is 11.3. The summed E-state index contributed by atoms with van der Waals surface area (Å²) < 4.78 is 0.580. The number of phenolic OH excluding ortho intramolecular Hbond substituents is 1. The number of carbonyl (C=O) groups excluding carboxylic acids is 1. The van der Waals surface area contributed by atoms with E-state index in [4.69, 9.17) is 5.73 Å². The summed E-state index contributed by atoms with van der Waals surface area (Å²) in [6.45, 7) is 0.329. The van der Waals surface area contributed by atoms with Gasteiger partial charge in [-0.25, -0.2) is 0 Å². The zero-order chi connectivity index (χ0) is 9.84. The zero-order valence-corrected chi connectivity index (χ0v) is 8.54. The Kier molecular flexibility index (Phi) is 3.45. The Bertz CT molecular complexity index is 325. The summed E-state index contributed by atoms with van der Waals surface area (Å²) in [5.41, 5.74) is 5.73. The number of Topliss-reactive ketones (excluding diaryl/α,β-unsaturated/α-hetero) is 1. The van der Waals surface area contributed by atoms with Crippen molar-refractivity contribution in [2.75, 3.05) is 6.54 Å². The summed E-state index contributed by atoms with van der Waals surface area (Å²) in [6.07, 6.45) is 0.307. The van der Waals surface area contributed by atoms with Gasteiger partial charge in [0, 0.05) is 12.0 Å². The van der Waals surface area contributed by atoms with E-state index in [0.29, 0.717) is 23.0 Å². The molecule has 13 heavy (non-hydrogen) atoms. The van der Waals surface area contributed by atoms with Crippen LogP contribution in [0.2, 0.25) is 0 Å². The van der Waals surface area contributed by atoms with E-state index in [0.717, 1.165) is 0 Å². The number of phenols is 1. The summed E-state index contributed by atoms with van der Waals surface area (Å²) >= 11 is 3.13. The van der Waals surface area contributed by atoms with Gasteiger partial charge in [-0.05, 0) is 34.6 Å². The van der Waals surface area contributed by atoms with Crippen molar-refractivity contribution in [1.82, 2.24) is 0 Å². The number of hydrogen-bond acceptors (Lipinski definition) is 3. The van der Waals surface area contributed by atoms with Crippen molar-refractivity contribution in [3.05, 3.63) is 28.2 Å². The molecule has 1 rings (SSSR count). The van der Waals surface area contributed by atoms with Crippen LogP contribution in [0.25, 0.3) is 0 Å². The van der Waals surface area contributed by atoms with E-state index in [2.05, 4.69) is 15.9 Å². The number of hydrogen-bond donors (Lipinski definition) is 2. The molecule has 3 N–H and O–H groups in total. The van der Waals surface area contributed by atoms with Crippen LogP contribution >= 0.6 is 15.9 Å². The normalized spacial score (nSPS) is 10.0. The minimum Gasteiger partial charge on any atom is -0.507 e. The average Bonchev–Trinajstić information content (AvgIpc) is 2.10. The minimum absolute atomic E-state index is 0.0506. The fourth-order valence-electron chi connectivity index (χ4n) is 0.962. The molecule has 0 amide bonds. The lowest BCUT2D eigenvalue weighted by Gasteiger charge is -2.01. The largest absolute Gasteiger partial charge is 0.507 e. The van der Waals surface area contributed by atoms with E-state index < -0.39 is 0 Å². The number of carbonyl (C=O) groups is 1. The van der Waals surface area contributed by atoms with Gasteiger partial charge in [0.1, 0.15) is 5.75 Å². The molecule has 0 unspecified atom stereocenters. The molecule has 0 saturated carbocycles. The Morgan fingerprint density at radius 1 is 1.54 bits per heavy atom. The van der Waals surface area contributed by atoms with Crippen LogP contribution < -0.4 is 5.73 Å². The van der Waals surface area contributed by atoms with E-state index in [9.17, 15) is 9.90 Å². The Morgan fingerprint density at radius 2 is 2.23 bits per heavy atom. The SMILES string of the molecule is NCCC(=O)c1ccc(Br)c(O)c1. The standard InChI is InChI=1S/C9H10BrNO2/c10-7-2-1-6(5-9(7)13)8(12)3-4-11/h1-2,5,13H,3-4,11H2. The van der Waals surface area contributed by atoms with Gasteiger partial charge in [-0.3, -0.25) is 4.79 Å². The molecule has 0 aromatic heterocycles. The van der Waals surface area contributed by atoms with Crippen molar-refractivity contribution >= 4 is 21.7 Å². The second-order valence-electron chi connectivity index (χ2n) is 2.63. The van der Waals surface area contributed by atoms with Gasteiger partial charge in [0.05, 0.1) is 4.47 Å². The number of benzene rings is 1. The van der Waals surface area contributed by atoms with Gasteiger partial charge in [-0.15, -0.1) is 0 Å². The van der Waals surface area contributed by atoms with E-state index in [1.54, 1.807) is 12.1 Å². The molecule has 0 aliphatic heterocycles. The molecule has 70 valence electrons. The zero-order valence-electron chi connectivity index (χ0n) is 6.96. The molecule has 4 heteroatoms.